The maximum absolute atomic E-state index is 12.5. The number of halogens is 2. The summed E-state index contributed by atoms with van der Waals surface area (Å²) in [5.41, 5.74) is 0.416. The quantitative estimate of drug-likeness (QED) is 0.312. The van der Waals surface area contributed by atoms with Gasteiger partial charge in [0, 0.05) is 18.8 Å². The Morgan fingerprint density at radius 3 is 1.78 bits per heavy atom. The average Bonchev–Trinajstić information content (AvgIpc) is 2.89. The van der Waals surface area contributed by atoms with E-state index in [4.69, 9.17) is 0 Å². The van der Waals surface area contributed by atoms with Gasteiger partial charge in [0.05, 0.1) is 6.17 Å². The molecule has 0 aliphatic carbocycles. The molecule has 0 aromatic carbocycles. The largest absolute Gasteiger partial charge is 0.349 e. The summed E-state index contributed by atoms with van der Waals surface area (Å²) in [6.45, 7) is 27.5. The van der Waals surface area contributed by atoms with Crippen LogP contribution in [0.4, 0.5) is 8.78 Å². The Hall–Kier alpha value is -2.31. The van der Waals surface area contributed by atoms with Crippen LogP contribution in [-0.2, 0) is 0 Å². The van der Waals surface area contributed by atoms with E-state index < -0.39 is 6.17 Å². The fraction of sp³-hybridized carbons (Fsp3) is 0.700. The van der Waals surface area contributed by atoms with Crippen LogP contribution in [0.2, 0.25) is 0 Å². The second kappa shape index (κ2) is 35.8. The zero-order valence-corrected chi connectivity index (χ0v) is 26.1. The Labute approximate surface area is 227 Å². The lowest BCUT2D eigenvalue weighted by molar-refractivity contribution is 0.0943. The molecule has 0 aliphatic heterocycles. The van der Waals surface area contributed by atoms with E-state index >= 15 is 0 Å². The number of unbranched alkanes of at least 4 members (excludes halogenated alkanes) is 2. The van der Waals surface area contributed by atoms with Crippen LogP contribution in [0.1, 0.15) is 132 Å². The highest BCUT2D eigenvalue weighted by Gasteiger charge is 2.05. The predicted octanol–water partition coefficient (Wildman–Crippen LogP) is 9.38. The van der Waals surface area contributed by atoms with Crippen molar-refractivity contribution in [3.05, 3.63) is 52.5 Å². The minimum Gasteiger partial charge on any atom is -0.349 e. The van der Waals surface area contributed by atoms with Gasteiger partial charge in [0.1, 0.15) is 5.83 Å². The molecule has 0 saturated carbocycles. The van der Waals surface area contributed by atoms with Crippen LogP contribution in [0.25, 0.3) is 0 Å². The monoisotopic (exact) mass is 531 g/mol. The first kappa shape index (κ1) is 44.7. The Balaban J connectivity index is -0.000000126. The first-order valence-corrected chi connectivity index (χ1v) is 14.0. The number of carbonyl (C=O) groups excluding carboxylic acids is 1. The van der Waals surface area contributed by atoms with Crippen LogP contribution in [0.3, 0.4) is 0 Å². The molecule has 0 saturated heterocycles. The van der Waals surface area contributed by atoms with Crippen molar-refractivity contribution in [1.82, 2.24) is 15.3 Å². The van der Waals surface area contributed by atoms with Crippen LogP contribution < -0.4 is 10.9 Å². The summed E-state index contributed by atoms with van der Waals surface area (Å²) in [6, 6.07) is 1.26. The van der Waals surface area contributed by atoms with Gasteiger partial charge >= 0.3 is 0 Å². The van der Waals surface area contributed by atoms with E-state index in [2.05, 4.69) is 35.7 Å². The number of nitrogens with one attached hydrogen (secondary N) is 2. The van der Waals surface area contributed by atoms with Crippen molar-refractivity contribution < 1.29 is 13.6 Å². The molecule has 5 nitrogen and oxygen atoms in total. The van der Waals surface area contributed by atoms with Gasteiger partial charge in [-0.2, -0.15) is 0 Å². The van der Waals surface area contributed by atoms with E-state index in [0.29, 0.717) is 13.0 Å². The third kappa shape index (κ3) is 35.9. The molecule has 37 heavy (non-hydrogen) atoms. The molecule has 1 aromatic heterocycles. The van der Waals surface area contributed by atoms with Gasteiger partial charge < -0.3 is 10.3 Å². The molecule has 1 atom stereocenters. The Kier molecular flexibility index (Phi) is 43.3. The first-order chi connectivity index (χ1) is 17.5. The summed E-state index contributed by atoms with van der Waals surface area (Å²) in [7, 11) is 0. The molecule has 1 unspecified atom stereocenters. The minimum atomic E-state index is -0.616. The maximum Gasteiger partial charge on any atom is 0.287 e. The minimum absolute atomic E-state index is 0.0564. The van der Waals surface area contributed by atoms with Crippen LogP contribution in [0.5, 0.6) is 0 Å². The molecular formula is C30H59F2N3O2. The number of rotatable bonds is 9. The van der Waals surface area contributed by atoms with Crippen molar-refractivity contribution in [2.24, 2.45) is 5.92 Å². The fourth-order valence-electron chi connectivity index (χ4n) is 2.04. The molecule has 0 fully saturated rings. The molecule has 220 valence electrons. The molecular weight excluding hydrogens is 472 g/mol. The van der Waals surface area contributed by atoms with Crippen LogP contribution in [0, 0.1) is 5.92 Å². The van der Waals surface area contributed by atoms with Gasteiger partial charge in [0.15, 0.2) is 5.82 Å². The fourth-order valence-corrected chi connectivity index (χ4v) is 2.04. The number of aromatic nitrogens is 2. The zero-order chi connectivity index (χ0) is 30.2. The van der Waals surface area contributed by atoms with Crippen LogP contribution >= 0.6 is 0 Å². The summed E-state index contributed by atoms with van der Waals surface area (Å²) in [6.07, 6.45) is 9.01. The molecule has 7 heteroatoms. The maximum atomic E-state index is 12.5. The highest BCUT2D eigenvalue weighted by molar-refractivity contribution is 5.90. The highest BCUT2D eigenvalue weighted by Crippen LogP contribution is 2.19. The number of H-pyrrole nitrogens is 1. The number of aromatic amines is 1. The summed E-state index contributed by atoms with van der Waals surface area (Å²) in [5, 5.41) is 2.60. The summed E-state index contributed by atoms with van der Waals surface area (Å²) in [5.74, 6) is -0.338. The first-order valence-electron chi connectivity index (χ1n) is 14.0. The van der Waals surface area contributed by atoms with Crippen LogP contribution in [-0.4, -0.2) is 28.6 Å². The number of alkyl halides is 1. The summed E-state index contributed by atoms with van der Waals surface area (Å²) < 4.78 is 24.0. The number of carbonyl (C=O) groups is 1. The summed E-state index contributed by atoms with van der Waals surface area (Å²) in [4.78, 5) is 28.1. The molecule has 0 radical (unpaired) electrons. The van der Waals surface area contributed by atoms with Gasteiger partial charge in [-0.3, -0.25) is 9.59 Å². The van der Waals surface area contributed by atoms with Crippen molar-refractivity contribution in [3.63, 3.8) is 0 Å². The molecule has 0 bridgehead atoms. The number of hydrogen-bond acceptors (Lipinski definition) is 3. The molecule has 0 aliphatic rings. The second-order valence-corrected chi connectivity index (χ2v) is 7.71. The van der Waals surface area contributed by atoms with Crippen molar-refractivity contribution in [2.75, 3.05) is 6.54 Å². The van der Waals surface area contributed by atoms with Crippen LogP contribution in [0.15, 0.2) is 41.1 Å². The predicted molar refractivity (Wildman–Crippen MR) is 160 cm³/mol. The number of hydrogen-bond donors (Lipinski definition) is 2. The molecule has 2 N–H and O–H groups in total. The molecule has 1 aromatic rings. The average molecular weight is 532 g/mol. The number of amides is 1. The van der Waals surface area contributed by atoms with Crippen molar-refractivity contribution in [2.45, 2.75) is 128 Å². The third-order valence-corrected chi connectivity index (χ3v) is 4.05. The lowest BCUT2D eigenvalue weighted by Crippen LogP contribution is -2.27. The van der Waals surface area contributed by atoms with Gasteiger partial charge in [-0.15, -0.1) is 0 Å². The topological polar surface area (TPSA) is 74.8 Å². The van der Waals surface area contributed by atoms with Gasteiger partial charge in [0.25, 0.3) is 11.5 Å². The lowest BCUT2D eigenvalue weighted by atomic mass is 10.0. The number of allylic oxidation sites excluding steroid dienone is 3. The molecule has 1 rings (SSSR count). The van der Waals surface area contributed by atoms with Crippen molar-refractivity contribution in [1.29, 1.82) is 0 Å². The van der Waals surface area contributed by atoms with E-state index in [1.54, 1.807) is 6.92 Å². The highest BCUT2D eigenvalue weighted by atomic mass is 19.1. The van der Waals surface area contributed by atoms with E-state index in [1.807, 2.05) is 68.4 Å². The normalized spacial score (nSPS) is 10.2. The molecule has 1 amide bonds. The number of nitrogens with zero attached hydrogens (tertiary/aromatic N) is 1. The summed E-state index contributed by atoms with van der Waals surface area (Å²) >= 11 is 0. The molecule has 1 heterocycles. The van der Waals surface area contributed by atoms with E-state index in [9.17, 15) is 18.4 Å². The van der Waals surface area contributed by atoms with Crippen molar-refractivity contribution >= 4 is 5.91 Å². The van der Waals surface area contributed by atoms with E-state index in [1.165, 1.54) is 31.5 Å². The Morgan fingerprint density at radius 2 is 1.54 bits per heavy atom. The standard InChI is InChI=1S/C9H15F.C8H11N3O2.C5H12.C4H9F.2C2H6/c1-5-6-9(7(2)3)8(4)10;1-2-4-10-8(13)7-9-5-3-6(12)11-7;1-3-5-4-2;1-3-4(2)5;2*1-2/h6-7H,4-5H2,1-3H3;3,5H,2,4H2,1H3,(H,10,13)(H,9,11,12);3-5H2,1-2H3;4H,3H2,1-2H3;2*1-2H3/b9-6-;;;;;. The smallest absolute Gasteiger partial charge is 0.287 e. The van der Waals surface area contributed by atoms with Crippen molar-refractivity contribution in [3.8, 4) is 0 Å². The Bertz CT molecular complexity index is 698. The van der Waals surface area contributed by atoms with Gasteiger partial charge in [0.2, 0.25) is 0 Å². The molecule has 0 spiro atoms. The van der Waals surface area contributed by atoms with Gasteiger partial charge in [-0.1, -0.05) is 108 Å². The third-order valence-electron chi connectivity index (χ3n) is 4.05. The SMILES string of the molecule is C=C(F)/C(=C\CC)C(C)C.CC.CC.CCC(C)F.CCCCC.CCCNC(=O)c1nccc(=O)[nH]1. The van der Waals surface area contributed by atoms with E-state index in [0.717, 1.165) is 18.4 Å². The second-order valence-electron chi connectivity index (χ2n) is 7.71. The zero-order valence-electron chi connectivity index (χ0n) is 26.1. The van der Waals surface area contributed by atoms with Gasteiger partial charge in [-0.05, 0) is 37.7 Å². The lowest BCUT2D eigenvalue weighted by Gasteiger charge is -2.06. The van der Waals surface area contributed by atoms with Gasteiger partial charge in [-0.25, -0.2) is 13.8 Å². The Morgan fingerprint density at radius 1 is 1.05 bits per heavy atom. The van der Waals surface area contributed by atoms with E-state index in [-0.39, 0.29) is 29.0 Å².